The van der Waals surface area contributed by atoms with Gasteiger partial charge in [-0.05, 0) is 37.3 Å². The second kappa shape index (κ2) is 7.57. The average molecular weight is 318 g/mol. The van der Waals surface area contributed by atoms with E-state index in [1.807, 2.05) is 24.3 Å². The molecule has 0 spiro atoms. The van der Waals surface area contributed by atoms with Gasteiger partial charge in [-0.1, -0.05) is 18.2 Å². The highest BCUT2D eigenvalue weighted by atomic mass is 16.8. The van der Waals surface area contributed by atoms with Crippen LogP contribution in [0.3, 0.4) is 0 Å². The molecule has 2 aliphatic rings. The van der Waals surface area contributed by atoms with Crippen LogP contribution in [-0.4, -0.2) is 31.3 Å². The molecule has 6 nitrogen and oxygen atoms in total. The highest BCUT2D eigenvalue weighted by Crippen LogP contribution is 2.26. The highest BCUT2D eigenvalue weighted by molar-refractivity contribution is 5.99. The summed E-state index contributed by atoms with van der Waals surface area (Å²) in [4.78, 5) is 31.3. The molecule has 0 aromatic heterocycles. The van der Waals surface area contributed by atoms with Gasteiger partial charge in [0.05, 0.1) is 0 Å². The lowest BCUT2D eigenvalue weighted by Crippen LogP contribution is -2.42. The predicted octanol–water partition coefficient (Wildman–Crippen LogP) is 1.93. The van der Waals surface area contributed by atoms with Crippen molar-refractivity contribution in [3.8, 4) is 0 Å². The van der Waals surface area contributed by atoms with E-state index in [2.05, 4.69) is 5.48 Å². The van der Waals surface area contributed by atoms with Crippen LogP contribution < -0.4 is 10.4 Å². The number of ether oxygens (including phenoxy) is 1. The van der Waals surface area contributed by atoms with Crippen LogP contribution in [0.5, 0.6) is 0 Å². The number of carbonyl (C=O) groups excluding carboxylic acids is 2. The number of anilines is 1. The van der Waals surface area contributed by atoms with E-state index in [0.29, 0.717) is 13.0 Å². The molecule has 0 aliphatic carbocycles. The van der Waals surface area contributed by atoms with Gasteiger partial charge in [-0.3, -0.25) is 9.59 Å². The quantitative estimate of drug-likeness (QED) is 0.861. The van der Waals surface area contributed by atoms with Gasteiger partial charge in [0.1, 0.15) is 6.54 Å². The van der Waals surface area contributed by atoms with Crippen molar-refractivity contribution in [3.63, 3.8) is 0 Å². The van der Waals surface area contributed by atoms with Gasteiger partial charge in [0.2, 0.25) is 5.91 Å². The van der Waals surface area contributed by atoms with Crippen LogP contribution in [0, 0.1) is 0 Å². The molecule has 23 heavy (non-hydrogen) atoms. The van der Waals surface area contributed by atoms with Crippen LogP contribution in [0.1, 0.15) is 37.7 Å². The van der Waals surface area contributed by atoms with E-state index in [0.717, 1.165) is 43.4 Å². The van der Waals surface area contributed by atoms with Gasteiger partial charge in [0.25, 0.3) is 5.91 Å². The minimum Gasteiger partial charge on any atom is -0.350 e. The summed E-state index contributed by atoms with van der Waals surface area (Å²) in [5.41, 5.74) is 4.33. The average Bonchev–Trinajstić information content (AvgIpc) is 2.74. The van der Waals surface area contributed by atoms with E-state index in [9.17, 15) is 9.59 Å². The van der Waals surface area contributed by atoms with Gasteiger partial charge in [0, 0.05) is 25.1 Å². The van der Waals surface area contributed by atoms with Gasteiger partial charge in [-0.15, -0.1) is 0 Å². The zero-order chi connectivity index (χ0) is 16.1. The van der Waals surface area contributed by atoms with Crippen molar-refractivity contribution in [2.24, 2.45) is 0 Å². The molecule has 2 heterocycles. The molecular weight excluding hydrogens is 296 g/mol. The number of carbonyl (C=O) groups is 2. The van der Waals surface area contributed by atoms with E-state index in [-0.39, 0.29) is 24.6 Å². The summed E-state index contributed by atoms with van der Waals surface area (Å²) in [7, 11) is 0. The Morgan fingerprint density at radius 2 is 2.13 bits per heavy atom. The van der Waals surface area contributed by atoms with E-state index in [1.54, 1.807) is 4.90 Å². The topological polar surface area (TPSA) is 67.9 Å². The zero-order valence-corrected chi connectivity index (χ0v) is 13.1. The number of para-hydroxylation sites is 1. The Kier molecular flexibility index (Phi) is 5.25. The van der Waals surface area contributed by atoms with Crippen molar-refractivity contribution in [1.29, 1.82) is 0 Å². The number of hydroxylamine groups is 1. The summed E-state index contributed by atoms with van der Waals surface area (Å²) >= 11 is 0. The Bertz CT molecular complexity index is 569. The lowest BCUT2D eigenvalue weighted by molar-refractivity contribution is -0.199. The Morgan fingerprint density at radius 1 is 1.26 bits per heavy atom. The monoisotopic (exact) mass is 318 g/mol. The molecule has 1 N–H and O–H groups in total. The van der Waals surface area contributed by atoms with Crippen LogP contribution in [0.2, 0.25) is 0 Å². The number of rotatable bonds is 4. The van der Waals surface area contributed by atoms with E-state index in [1.165, 1.54) is 0 Å². The van der Waals surface area contributed by atoms with Crippen molar-refractivity contribution >= 4 is 17.5 Å². The maximum absolute atomic E-state index is 12.3. The number of benzene rings is 1. The molecule has 1 aromatic rings. The molecule has 3 rings (SSSR count). The Labute approximate surface area is 135 Å². The summed E-state index contributed by atoms with van der Waals surface area (Å²) < 4.78 is 5.40. The minimum atomic E-state index is -0.389. The first-order valence-electron chi connectivity index (χ1n) is 8.18. The SMILES string of the molecule is O=C(CN1C(=O)CCCc2ccccc21)NO[C@@H]1CCCCO1. The summed E-state index contributed by atoms with van der Waals surface area (Å²) in [5, 5.41) is 0. The zero-order valence-electron chi connectivity index (χ0n) is 13.1. The molecule has 1 fully saturated rings. The van der Waals surface area contributed by atoms with Crippen LogP contribution in [0.15, 0.2) is 24.3 Å². The standard InChI is InChI=1S/C17H22N2O4/c20-15(18-23-17-10-3-4-11-22-17)12-19-14-8-2-1-6-13(14)7-5-9-16(19)21/h1-2,6,8,17H,3-5,7,9-12H2,(H,18,20)/t17-/m1/s1. The molecule has 0 bridgehead atoms. The molecule has 2 amide bonds. The van der Waals surface area contributed by atoms with Crippen molar-refractivity contribution in [2.45, 2.75) is 44.8 Å². The fourth-order valence-corrected chi connectivity index (χ4v) is 2.97. The van der Waals surface area contributed by atoms with Crippen molar-refractivity contribution in [3.05, 3.63) is 29.8 Å². The number of nitrogens with zero attached hydrogens (tertiary/aromatic N) is 1. The van der Waals surface area contributed by atoms with E-state index in [4.69, 9.17) is 9.57 Å². The van der Waals surface area contributed by atoms with Gasteiger partial charge in [0.15, 0.2) is 6.29 Å². The molecule has 0 saturated carbocycles. The summed E-state index contributed by atoms with van der Waals surface area (Å²) in [6, 6.07) is 7.73. The molecule has 6 heteroatoms. The predicted molar refractivity (Wildman–Crippen MR) is 84.6 cm³/mol. The van der Waals surface area contributed by atoms with Crippen molar-refractivity contribution in [1.82, 2.24) is 5.48 Å². The van der Waals surface area contributed by atoms with Crippen LogP contribution in [0.25, 0.3) is 0 Å². The number of hydrogen-bond donors (Lipinski definition) is 1. The molecule has 0 radical (unpaired) electrons. The van der Waals surface area contributed by atoms with Gasteiger partial charge < -0.3 is 9.64 Å². The maximum atomic E-state index is 12.3. The molecule has 0 unspecified atom stereocenters. The van der Waals surface area contributed by atoms with Gasteiger partial charge >= 0.3 is 0 Å². The second-order valence-corrected chi connectivity index (χ2v) is 5.90. The second-order valence-electron chi connectivity index (χ2n) is 5.90. The normalized spacial score (nSPS) is 21.5. The van der Waals surface area contributed by atoms with Crippen molar-refractivity contribution < 1.29 is 19.2 Å². The van der Waals surface area contributed by atoms with Gasteiger partial charge in [-0.2, -0.15) is 0 Å². The lowest BCUT2D eigenvalue weighted by atomic mass is 10.1. The number of hydrogen-bond acceptors (Lipinski definition) is 4. The third-order valence-corrected chi connectivity index (χ3v) is 4.16. The lowest BCUT2D eigenvalue weighted by Gasteiger charge is -2.24. The Balaban J connectivity index is 1.61. The Morgan fingerprint density at radius 3 is 2.96 bits per heavy atom. The van der Waals surface area contributed by atoms with Gasteiger partial charge in [-0.25, -0.2) is 10.3 Å². The van der Waals surface area contributed by atoms with Crippen molar-refractivity contribution in [2.75, 3.05) is 18.1 Å². The molecule has 124 valence electrons. The molecule has 1 atom stereocenters. The summed E-state index contributed by atoms with van der Waals surface area (Å²) in [6.07, 6.45) is 4.54. The maximum Gasteiger partial charge on any atom is 0.263 e. The van der Waals surface area contributed by atoms with E-state index < -0.39 is 0 Å². The first-order valence-corrected chi connectivity index (χ1v) is 8.18. The fourth-order valence-electron chi connectivity index (χ4n) is 2.97. The van der Waals surface area contributed by atoms with Crippen LogP contribution in [-0.2, 0) is 25.6 Å². The summed E-state index contributed by atoms with van der Waals surface area (Å²) in [6.45, 7) is 0.612. The van der Waals surface area contributed by atoms with E-state index >= 15 is 0 Å². The minimum absolute atomic E-state index is 0.0287. The number of aryl methyl sites for hydroxylation is 1. The third kappa shape index (κ3) is 4.09. The molecule has 1 saturated heterocycles. The smallest absolute Gasteiger partial charge is 0.263 e. The first kappa shape index (κ1) is 16.0. The highest BCUT2D eigenvalue weighted by Gasteiger charge is 2.24. The fraction of sp³-hybridized carbons (Fsp3) is 0.529. The Hall–Kier alpha value is -1.92. The number of amides is 2. The van der Waals surface area contributed by atoms with Crippen LogP contribution in [0.4, 0.5) is 5.69 Å². The van der Waals surface area contributed by atoms with Crippen LogP contribution >= 0.6 is 0 Å². The molecule has 2 aliphatic heterocycles. The first-order chi connectivity index (χ1) is 11.2. The molecule has 1 aromatic carbocycles. The number of nitrogens with one attached hydrogen (secondary N) is 1. The largest absolute Gasteiger partial charge is 0.350 e. The third-order valence-electron chi connectivity index (χ3n) is 4.16. The molecular formula is C17H22N2O4. The number of fused-ring (bicyclic) bond motifs is 1. The summed E-state index contributed by atoms with van der Waals surface area (Å²) in [5.74, 6) is -0.372.